The lowest BCUT2D eigenvalue weighted by Crippen LogP contribution is -2.43. The van der Waals surface area contributed by atoms with Crippen molar-refractivity contribution < 1.29 is 18.8 Å². The van der Waals surface area contributed by atoms with Crippen LogP contribution in [-0.4, -0.2) is 41.1 Å². The minimum atomic E-state index is -1.49. The molecule has 6 heteroatoms. The second-order valence-electron chi connectivity index (χ2n) is 6.07. The normalized spacial score (nSPS) is 20.3. The van der Waals surface area contributed by atoms with Crippen molar-refractivity contribution in [2.45, 2.75) is 12.5 Å². The zero-order valence-electron chi connectivity index (χ0n) is 13.9. The molecule has 3 rings (SSSR count). The van der Waals surface area contributed by atoms with Gasteiger partial charge in [-0.1, -0.05) is 48.5 Å². The summed E-state index contributed by atoms with van der Waals surface area (Å²) in [6.45, 7) is 1.11. The van der Waals surface area contributed by atoms with Gasteiger partial charge in [0, 0.05) is 18.2 Å². The van der Waals surface area contributed by atoms with Crippen molar-refractivity contribution >= 4 is 17.7 Å². The average molecular weight is 340 g/mol. The summed E-state index contributed by atoms with van der Waals surface area (Å²) in [5.74, 6) is -1.54. The summed E-state index contributed by atoms with van der Waals surface area (Å²) in [6.07, 6.45) is 0. The van der Waals surface area contributed by atoms with Gasteiger partial charge in [-0.05, 0) is 13.0 Å². The molecule has 0 aliphatic carbocycles. The molecule has 3 amide bonds. The molecule has 25 heavy (non-hydrogen) atoms. The molecule has 0 aromatic heterocycles. The topological polar surface area (TPSA) is 57.7 Å². The Morgan fingerprint density at radius 1 is 1.04 bits per heavy atom. The third-order valence-corrected chi connectivity index (χ3v) is 4.65. The molecule has 1 saturated heterocycles. The maximum Gasteiger partial charge on any atom is 0.328 e. The first-order chi connectivity index (χ1) is 11.9. The van der Waals surface area contributed by atoms with Crippen molar-refractivity contribution in [3.05, 3.63) is 71.5 Å². The van der Waals surface area contributed by atoms with Crippen LogP contribution in [0.2, 0.25) is 0 Å². The number of Topliss-reactive ketones (excluding diaryl/α,β-unsaturated/α-hetero) is 1. The molecule has 0 spiro atoms. The fraction of sp³-hybridized carbons (Fsp3) is 0.211. The first-order valence-corrected chi connectivity index (χ1v) is 7.80. The van der Waals surface area contributed by atoms with Crippen molar-refractivity contribution in [3.8, 4) is 0 Å². The Morgan fingerprint density at radius 3 is 2.28 bits per heavy atom. The summed E-state index contributed by atoms with van der Waals surface area (Å²) >= 11 is 0. The van der Waals surface area contributed by atoms with Gasteiger partial charge in [-0.15, -0.1) is 0 Å². The van der Waals surface area contributed by atoms with Gasteiger partial charge < -0.3 is 4.90 Å². The molecule has 1 fully saturated rings. The SMILES string of the molecule is CN1C(=O)N(CC(=O)c2ccccc2)C(=O)C1(C)c1ccccc1F. The number of halogens is 1. The van der Waals surface area contributed by atoms with Crippen LogP contribution in [-0.2, 0) is 10.3 Å². The second-order valence-corrected chi connectivity index (χ2v) is 6.07. The fourth-order valence-electron chi connectivity index (χ4n) is 3.02. The molecule has 2 aromatic carbocycles. The van der Waals surface area contributed by atoms with Crippen molar-refractivity contribution in [3.63, 3.8) is 0 Å². The predicted molar refractivity (Wildman–Crippen MR) is 89.4 cm³/mol. The van der Waals surface area contributed by atoms with Crippen LogP contribution in [0.25, 0.3) is 0 Å². The second kappa shape index (κ2) is 6.12. The number of hydrogen-bond donors (Lipinski definition) is 0. The van der Waals surface area contributed by atoms with Crippen LogP contribution in [0.4, 0.5) is 9.18 Å². The number of nitrogens with zero attached hydrogens (tertiary/aromatic N) is 2. The standard InChI is InChI=1S/C19H17FN2O3/c1-19(14-10-6-7-11-15(14)20)17(24)22(18(25)21(19)2)12-16(23)13-8-4-3-5-9-13/h3-11H,12H2,1-2H3. The number of ketones is 1. The Kier molecular flexibility index (Phi) is 4.12. The highest BCUT2D eigenvalue weighted by atomic mass is 19.1. The number of urea groups is 1. The molecular formula is C19H17FN2O3. The molecule has 1 heterocycles. The first kappa shape index (κ1) is 16.8. The van der Waals surface area contributed by atoms with E-state index < -0.39 is 23.3 Å². The van der Waals surface area contributed by atoms with Crippen LogP contribution in [0.15, 0.2) is 54.6 Å². The van der Waals surface area contributed by atoms with Gasteiger partial charge >= 0.3 is 6.03 Å². The number of benzene rings is 2. The molecule has 0 radical (unpaired) electrons. The predicted octanol–water partition coefficient (Wildman–Crippen LogP) is 2.82. The van der Waals surface area contributed by atoms with Crippen molar-refractivity contribution in [2.24, 2.45) is 0 Å². The quantitative estimate of drug-likeness (QED) is 0.635. The van der Waals surface area contributed by atoms with E-state index in [0.717, 1.165) is 4.90 Å². The van der Waals surface area contributed by atoms with E-state index in [4.69, 9.17) is 0 Å². The van der Waals surface area contributed by atoms with E-state index in [0.29, 0.717) is 5.56 Å². The molecule has 1 aliphatic rings. The van der Waals surface area contributed by atoms with E-state index in [1.807, 2.05) is 0 Å². The zero-order valence-corrected chi connectivity index (χ0v) is 13.9. The summed E-state index contributed by atoms with van der Waals surface area (Å²) in [6, 6.07) is 13.6. The van der Waals surface area contributed by atoms with E-state index in [-0.39, 0.29) is 17.9 Å². The molecule has 2 aromatic rings. The molecule has 1 aliphatic heterocycles. The van der Waals surface area contributed by atoms with E-state index >= 15 is 0 Å². The van der Waals surface area contributed by atoms with Crippen LogP contribution in [0.3, 0.4) is 0 Å². The van der Waals surface area contributed by atoms with Crippen molar-refractivity contribution in [1.29, 1.82) is 0 Å². The molecule has 128 valence electrons. The molecule has 0 N–H and O–H groups in total. The largest absolute Gasteiger partial charge is 0.328 e. The number of imide groups is 1. The summed E-state index contributed by atoms with van der Waals surface area (Å²) in [5, 5.41) is 0. The van der Waals surface area contributed by atoms with Gasteiger partial charge in [0.15, 0.2) is 5.78 Å². The Morgan fingerprint density at radius 2 is 1.64 bits per heavy atom. The van der Waals surface area contributed by atoms with Crippen LogP contribution >= 0.6 is 0 Å². The van der Waals surface area contributed by atoms with E-state index in [2.05, 4.69) is 0 Å². The van der Waals surface area contributed by atoms with Crippen LogP contribution < -0.4 is 0 Å². The lowest BCUT2D eigenvalue weighted by molar-refractivity contribution is -0.132. The summed E-state index contributed by atoms with van der Waals surface area (Å²) in [5.41, 5.74) is -0.977. The van der Waals surface area contributed by atoms with Gasteiger partial charge in [-0.25, -0.2) is 9.18 Å². The summed E-state index contributed by atoms with van der Waals surface area (Å²) < 4.78 is 14.2. The average Bonchev–Trinajstić information content (AvgIpc) is 2.79. The maximum atomic E-state index is 14.2. The molecule has 0 bridgehead atoms. The number of carbonyl (C=O) groups excluding carboxylic acids is 3. The van der Waals surface area contributed by atoms with E-state index in [1.54, 1.807) is 36.4 Å². The highest BCUT2D eigenvalue weighted by molar-refractivity contribution is 6.11. The smallest absolute Gasteiger partial charge is 0.309 e. The lowest BCUT2D eigenvalue weighted by Gasteiger charge is -2.29. The van der Waals surface area contributed by atoms with Crippen LogP contribution in [0.5, 0.6) is 0 Å². The Balaban J connectivity index is 1.94. The number of amides is 3. The van der Waals surface area contributed by atoms with E-state index in [9.17, 15) is 18.8 Å². The zero-order chi connectivity index (χ0) is 18.2. The molecule has 1 atom stereocenters. The molecule has 5 nitrogen and oxygen atoms in total. The van der Waals surface area contributed by atoms with Crippen molar-refractivity contribution in [2.75, 3.05) is 13.6 Å². The molecule has 0 saturated carbocycles. The van der Waals surface area contributed by atoms with Crippen LogP contribution in [0.1, 0.15) is 22.8 Å². The van der Waals surface area contributed by atoms with Crippen LogP contribution in [0, 0.1) is 5.82 Å². The number of rotatable bonds is 4. The van der Waals surface area contributed by atoms with Gasteiger partial charge in [0.25, 0.3) is 5.91 Å². The van der Waals surface area contributed by atoms with Gasteiger partial charge in [-0.3, -0.25) is 14.5 Å². The Bertz CT molecular complexity index is 853. The van der Waals surface area contributed by atoms with Gasteiger partial charge in [0.05, 0.1) is 6.54 Å². The highest BCUT2D eigenvalue weighted by Crippen LogP contribution is 2.37. The first-order valence-electron chi connectivity index (χ1n) is 7.80. The minimum Gasteiger partial charge on any atom is -0.309 e. The molecular weight excluding hydrogens is 323 g/mol. The van der Waals surface area contributed by atoms with E-state index in [1.165, 1.54) is 37.1 Å². The number of likely N-dealkylation sites (N-methyl/N-ethyl adjacent to an activating group) is 1. The Hall–Kier alpha value is -3.02. The fourth-order valence-corrected chi connectivity index (χ4v) is 3.02. The third-order valence-electron chi connectivity index (χ3n) is 4.65. The summed E-state index contributed by atoms with van der Waals surface area (Å²) in [4.78, 5) is 39.9. The van der Waals surface area contributed by atoms with Gasteiger partial charge in [0.1, 0.15) is 11.4 Å². The lowest BCUT2D eigenvalue weighted by atomic mass is 9.90. The number of carbonyl (C=O) groups is 3. The summed E-state index contributed by atoms with van der Waals surface area (Å²) in [7, 11) is 1.43. The minimum absolute atomic E-state index is 0.102. The monoisotopic (exact) mass is 340 g/mol. The highest BCUT2D eigenvalue weighted by Gasteiger charge is 2.54. The Labute approximate surface area is 144 Å². The third kappa shape index (κ3) is 2.59. The van der Waals surface area contributed by atoms with Gasteiger partial charge in [0.2, 0.25) is 0 Å². The molecule has 1 unspecified atom stereocenters. The van der Waals surface area contributed by atoms with Gasteiger partial charge in [-0.2, -0.15) is 0 Å². The maximum absolute atomic E-state index is 14.2. The number of hydrogen-bond acceptors (Lipinski definition) is 3. The van der Waals surface area contributed by atoms with Crippen molar-refractivity contribution in [1.82, 2.24) is 9.80 Å².